The molecule has 0 amide bonds. The summed E-state index contributed by atoms with van der Waals surface area (Å²) < 4.78 is 31.5. The molecule has 3 aliphatic carbocycles. The Bertz CT molecular complexity index is 1740. The fourth-order valence-corrected chi connectivity index (χ4v) is 12.7. The number of hydrogen-bond donors (Lipinski definition) is 7. The summed E-state index contributed by atoms with van der Waals surface area (Å²) in [6, 6.07) is 3.55. The van der Waals surface area contributed by atoms with Gasteiger partial charge in [-0.25, -0.2) is 0 Å². The third-order valence-corrected chi connectivity index (χ3v) is 15.0. The van der Waals surface area contributed by atoms with Crippen molar-refractivity contribution in [2.24, 2.45) is 23.2 Å². The molecule has 11 atom stereocenters. The molecule has 13 nitrogen and oxygen atoms in total. The van der Waals surface area contributed by atoms with Crippen molar-refractivity contribution in [1.82, 2.24) is 5.32 Å². The van der Waals surface area contributed by atoms with E-state index in [0.29, 0.717) is 41.8 Å². The molecule has 15 heteroatoms. The summed E-state index contributed by atoms with van der Waals surface area (Å²) >= 11 is 0. The Morgan fingerprint density at radius 2 is 1.92 bits per heavy atom. The van der Waals surface area contributed by atoms with Crippen LogP contribution in [0.2, 0.25) is 0 Å². The number of ether oxygens (including phenoxy) is 4. The third-order valence-electron chi connectivity index (χ3n) is 12.3. The van der Waals surface area contributed by atoms with Gasteiger partial charge >= 0.3 is 5.97 Å². The second-order valence-corrected chi connectivity index (χ2v) is 17.1. The minimum absolute atomic E-state index is 0.0155. The number of benzene rings is 1. The van der Waals surface area contributed by atoms with Gasteiger partial charge in [-0.2, -0.15) is 0 Å². The molecule has 0 unspecified atom stereocenters. The van der Waals surface area contributed by atoms with Gasteiger partial charge in [0.05, 0.1) is 37.4 Å². The Kier molecular flexibility index (Phi) is 9.05. The van der Waals surface area contributed by atoms with E-state index in [-0.39, 0.29) is 44.0 Å². The van der Waals surface area contributed by atoms with E-state index in [1.54, 1.807) is 37.3 Å². The lowest BCUT2D eigenvalue weighted by Crippen LogP contribution is -2.93. The van der Waals surface area contributed by atoms with Crippen molar-refractivity contribution in [3.05, 3.63) is 48.3 Å². The van der Waals surface area contributed by atoms with Crippen LogP contribution in [0.15, 0.2) is 47.1 Å². The van der Waals surface area contributed by atoms with E-state index < -0.39 is 82.4 Å². The fourth-order valence-electron chi connectivity index (χ4n) is 10.0. The molecule has 1 aromatic heterocycles. The van der Waals surface area contributed by atoms with Crippen LogP contribution in [0.25, 0.3) is 11.0 Å². The molecule has 278 valence electrons. The Balaban J connectivity index is 1.39. The van der Waals surface area contributed by atoms with Crippen LogP contribution in [-0.4, -0.2) is 122 Å². The molecule has 1 spiro atoms. The lowest BCUT2D eigenvalue weighted by molar-refractivity contribution is -0.467. The highest BCUT2D eigenvalue weighted by atomic mass is 33.1. The number of nitrogens with one attached hydrogen (secondary N) is 1. The van der Waals surface area contributed by atoms with Gasteiger partial charge in [-0.3, -0.25) is 4.79 Å². The van der Waals surface area contributed by atoms with Gasteiger partial charge in [0.25, 0.3) is 5.79 Å². The monoisotopic (exact) mass is 747 g/mol. The number of carbonyl (C=O) groups excluding carboxylic acids is 1. The number of hydrogen-bond acceptors (Lipinski definition) is 15. The number of furan rings is 1. The average Bonchev–Trinajstić information content (AvgIpc) is 3.60. The van der Waals surface area contributed by atoms with Crippen molar-refractivity contribution in [3.8, 4) is 11.5 Å². The second-order valence-electron chi connectivity index (χ2n) is 14.5. The van der Waals surface area contributed by atoms with Crippen LogP contribution in [0, 0.1) is 23.2 Å². The van der Waals surface area contributed by atoms with E-state index in [4.69, 9.17) is 23.4 Å². The van der Waals surface area contributed by atoms with Crippen molar-refractivity contribution in [2.75, 3.05) is 45.3 Å². The Labute approximate surface area is 302 Å². The summed E-state index contributed by atoms with van der Waals surface area (Å²) in [5, 5.41) is 76.6. The van der Waals surface area contributed by atoms with E-state index in [1.165, 1.54) is 33.9 Å². The van der Waals surface area contributed by atoms with Crippen molar-refractivity contribution in [1.29, 1.82) is 0 Å². The van der Waals surface area contributed by atoms with Crippen molar-refractivity contribution < 1.29 is 58.8 Å². The number of aliphatic hydroxyl groups excluding tert-OH is 4. The molecule has 8 rings (SSSR count). The van der Waals surface area contributed by atoms with E-state index in [9.17, 15) is 35.4 Å². The van der Waals surface area contributed by atoms with Gasteiger partial charge in [-0.1, -0.05) is 39.8 Å². The molecular weight excluding hydrogens is 703 g/mol. The van der Waals surface area contributed by atoms with Crippen LogP contribution in [0.3, 0.4) is 0 Å². The van der Waals surface area contributed by atoms with Crippen LogP contribution in [0.4, 0.5) is 0 Å². The first-order valence-electron chi connectivity index (χ1n) is 17.7. The topological polar surface area (TPSA) is 201 Å². The normalized spacial score (nSPS) is 42.6. The van der Waals surface area contributed by atoms with Crippen LogP contribution in [0.1, 0.15) is 31.7 Å². The van der Waals surface area contributed by atoms with Gasteiger partial charge in [0, 0.05) is 47.9 Å². The number of rotatable bonds is 6. The molecule has 7 N–H and O–H groups in total. The second kappa shape index (κ2) is 12.9. The number of carbonyl (C=O) groups is 1. The summed E-state index contributed by atoms with van der Waals surface area (Å²) in [5.41, 5.74) is -7.26. The molecular formula is C36H45NO12S2. The summed E-state index contributed by atoms with van der Waals surface area (Å²) in [5.74, 6) is -4.29. The van der Waals surface area contributed by atoms with E-state index in [1.807, 2.05) is 0 Å². The molecule has 4 heterocycles. The third kappa shape index (κ3) is 4.76. The molecule has 6 aliphatic rings. The highest BCUT2D eigenvalue weighted by molar-refractivity contribution is 8.77. The molecule has 2 saturated carbocycles. The Hall–Kier alpha value is -2.31. The number of fused-ring (bicyclic) bond motifs is 10. The number of esters is 1. The molecule has 1 aromatic carbocycles. The predicted molar refractivity (Wildman–Crippen MR) is 187 cm³/mol. The molecule has 51 heavy (non-hydrogen) atoms. The first-order chi connectivity index (χ1) is 24.6. The lowest BCUT2D eigenvalue weighted by atomic mass is 9.38. The highest BCUT2D eigenvalue weighted by Gasteiger charge is 2.87. The highest BCUT2D eigenvalue weighted by Crippen LogP contribution is 2.72. The maximum Gasteiger partial charge on any atom is 0.306 e. The molecule has 1 saturated heterocycles. The predicted octanol–water partition coefficient (Wildman–Crippen LogP) is 1.46. The van der Waals surface area contributed by atoms with Crippen LogP contribution < -0.4 is 14.8 Å². The van der Waals surface area contributed by atoms with E-state index >= 15 is 0 Å². The zero-order valence-corrected chi connectivity index (χ0v) is 29.9. The summed E-state index contributed by atoms with van der Waals surface area (Å²) in [4.78, 5) is 12.6. The van der Waals surface area contributed by atoms with Crippen LogP contribution in [-0.2, 0) is 20.7 Å². The fraction of sp³-hybridized carbons (Fsp3) is 0.639. The van der Waals surface area contributed by atoms with Crippen molar-refractivity contribution in [2.45, 2.75) is 72.7 Å². The first kappa shape index (κ1) is 35.7. The van der Waals surface area contributed by atoms with Gasteiger partial charge in [0.15, 0.2) is 16.9 Å². The maximum atomic E-state index is 13.5. The molecule has 3 fully saturated rings. The van der Waals surface area contributed by atoms with Gasteiger partial charge in [-0.05, 0) is 55.9 Å². The molecule has 0 radical (unpaired) electrons. The van der Waals surface area contributed by atoms with Gasteiger partial charge < -0.3 is 59.3 Å². The molecule has 9 bridgehead atoms. The summed E-state index contributed by atoms with van der Waals surface area (Å²) in [6.45, 7) is 1.92. The minimum atomic E-state index is -2.51. The number of aliphatic hydroxyl groups is 6. The van der Waals surface area contributed by atoms with Gasteiger partial charge in [-0.15, -0.1) is 0 Å². The average molecular weight is 748 g/mol. The van der Waals surface area contributed by atoms with Crippen LogP contribution in [0.5, 0.6) is 11.5 Å². The van der Waals surface area contributed by atoms with Gasteiger partial charge in [0.2, 0.25) is 5.75 Å². The summed E-state index contributed by atoms with van der Waals surface area (Å²) in [7, 11) is 2.90. The van der Waals surface area contributed by atoms with E-state index in [2.05, 4.69) is 5.32 Å². The first-order valence-corrected chi connectivity index (χ1v) is 20.1. The van der Waals surface area contributed by atoms with E-state index in [0.717, 1.165) is 0 Å². The van der Waals surface area contributed by atoms with Crippen molar-refractivity contribution >= 4 is 38.5 Å². The zero-order chi connectivity index (χ0) is 35.8. The SMILES string of the molecule is CCOC(=O)CCc1cc2ccoc2c2c1O[C@]13C=C[C@@H](SSCCNCCO2)[C@](CO)(O1)[C@@]1(O)[C@H](O)[C@]3(O)[C@H]2[C@@H]3CC[C@@H](O)[C@@]2(CO)C=C[C@@H]31. The quantitative estimate of drug-likeness (QED) is 0.127. The largest absolute Gasteiger partial charge is 0.485 e. The lowest BCUT2D eigenvalue weighted by Gasteiger charge is -2.76. The standard InChI is InChI=1S/C36H45NO12S2/c1-2-45-26(41)6-3-20-17-21-9-14-46-27(21)29-28(20)48-34-11-8-25(51-50-16-13-37-12-15-47-29)33(19-39,49-34)35(43)23-7-10-32(18-38)24(40)5-4-22(23)30(32)36(34,44)31(35)42/h7-11,14,17,22-25,30-31,37-40,42-44H,2-6,12-13,15-16,18-19H2,1H3/t22-,23+,24-,25-,30+,31+,32+,33+,34-,35+,36-/m1/s1. The van der Waals surface area contributed by atoms with Crippen molar-refractivity contribution in [3.63, 3.8) is 0 Å². The molecule has 2 aromatic rings. The molecule has 3 aliphatic heterocycles. The summed E-state index contributed by atoms with van der Waals surface area (Å²) in [6.07, 6.45) is 5.81. The smallest absolute Gasteiger partial charge is 0.306 e. The Morgan fingerprint density at radius 3 is 2.71 bits per heavy atom. The minimum Gasteiger partial charge on any atom is -0.485 e. The van der Waals surface area contributed by atoms with Gasteiger partial charge in [0.1, 0.15) is 23.9 Å². The maximum absolute atomic E-state index is 13.5. The van der Waals surface area contributed by atoms with Crippen LogP contribution >= 0.6 is 21.6 Å². The zero-order valence-electron chi connectivity index (χ0n) is 28.2. The Morgan fingerprint density at radius 1 is 1.08 bits per heavy atom. The number of aryl methyl sites for hydroxylation is 1.